The molecule has 4 rings (SSSR count). The van der Waals surface area contributed by atoms with Crippen LogP contribution >= 0.6 is 12.4 Å². The quantitative estimate of drug-likeness (QED) is 0.944. The number of hydrogen-bond donors (Lipinski definition) is 1. The molecule has 2 saturated heterocycles. The fourth-order valence-corrected chi connectivity index (χ4v) is 3.63. The maximum atomic E-state index is 5.63. The van der Waals surface area contributed by atoms with E-state index in [1.807, 2.05) is 30.3 Å². The largest absolute Gasteiger partial charge is 0.444 e. The van der Waals surface area contributed by atoms with E-state index in [-0.39, 0.29) is 12.4 Å². The summed E-state index contributed by atoms with van der Waals surface area (Å²) in [6.45, 7) is 5.62. The van der Waals surface area contributed by atoms with Crippen molar-refractivity contribution in [1.82, 2.24) is 15.2 Å². The Morgan fingerprint density at radius 3 is 2.86 bits per heavy atom. The van der Waals surface area contributed by atoms with Gasteiger partial charge in [-0.25, -0.2) is 4.98 Å². The number of hydrogen-bond acceptors (Lipinski definition) is 4. The Morgan fingerprint density at radius 2 is 2.09 bits per heavy atom. The Hall–Kier alpha value is -1.36. The zero-order valence-corrected chi connectivity index (χ0v) is 13.4. The number of benzene rings is 1. The molecule has 2 aliphatic rings. The molecule has 4 nitrogen and oxygen atoms in total. The monoisotopic (exact) mass is 319 g/mol. The van der Waals surface area contributed by atoms with Gasteiger partial charge >= 0.3 is 0 Å². The van der Waals surface area contributed by atoms with E-state index in [1.54, 1.807) is 6.26 Å². The van der Waals surface area contributed by atoms with E-state index in [4.69, 9.17) is 4.42 Å². The Labute approximate surface area is 137 Å². The highest BCUT2D eigenvalue weighted by molar-refractivity contribution is 5.85. The van der Waals surface area contributed by atoms with Crippen LogP contribution in [0.2, 0.25) is 0 Å². The van der Waals surface area contributed by atoms with Crippen LogP contribution in [0.1, 0.15) is 18.5 Å². The lowest BCUT2D eigenvalue weighted by Gasteiger charge is -2.22. The summed E-state index contributed by atoms with van der Waals surface area (Å²) in [5.74, 6) is 0.724. The average molecular weight is 320 g/mol. The minimum absolute atomic E-state index is 0. The van der Waals surface area contributed by atoms with Gasteiger partial charge in [0.2, 0.25) is 5.89 Å². The van der Waals surface area contributed by atoms with Crippen LogP contribution < -0.4 is 5.32 Å². The van der Waals surface area contributed by atoms with E-state index < -0.39 is 0 Å². The van der Waals surface area contributed by atoms with Crippen molar-refractivity contribution in [3.63, 3.8) is 0 Å². The van der Waals surface area contributed by atoms with E-state index in [1.165, 1.54) is 39.0 Å². The Kier molecular flexibility index (Phi) is 4.52. The third-order valence-corrected chi connectivity index (χ3v) is 4.81. The standard InChI is InChI=1S/C17H21N3O.ClH/c1-2-4-14(5-3-1)16-19-15(11-21-16)10-20-9-7-17(13-20)6-8-18-12-17;/h1-5,11,18H,6-10,12-13H2;1H. The summed E-state index contributed by atoms with van der Waals surface area (Å²) in [7, 11) is 0. The summed E-state index contributed by atoms with van der Waals surface area (Å²) in [6, 6.07) is 10.1. The number of rotatable bonds is 3. The number of nitrogens with zero attached hydrogens (tertiary/aromatic N) is 2. The lowest BCUT2D eigenvalue weighted by atomic mass is 9.87. The lowest BCUT2D eigenvalue weighted by Crippen LogP contribution is -2.29. The molecule has 0 amide bonds. The van der Waals surface area contributed by atoms with Crippen LogP contribution in [-0.2, 0) is 6.54 Å². The molecular weight excluding hydrogens is 298 g/mol. The van der Waals surface area contributed by atoms with Gasteiger partial charge in [-0.15, -0.1) is 12.4 Å². The topological polar surface area (TPSA) is 41.3 Å². The van der Waals surface area contributed by atoms with Gasteiger partial charge in [0.1, 0.15) is 6.26 Å². The summed E-state index contributed by atoms with van der Waals surface area (Å²) in [5, 5.41) is 3.50. The molecule has 1 N–H and O–H groups in total. The molecule has 118 valence electrons. The molecule has 0 radical (unpaired) electrons. The summed E-state index contributed by atoms with van der Waals surface area (Å²) in [4.78, 5) is 7.15. The number of halogens is 1. The SMILES string of the molecule is Cl.c1ccc(-c2nc(CN3CCC4(CCNC4)C3)co2)cc1. The second kappa shape index (κ2) is 6.41. The molecule has 0 bridgehead atoms. The first-order valence-corrected chi connectivity index (χ1v) is 7.76. The van der Waals surface area contributed by atoms with E-state index >= 15 is 0 Å². The molecule has 1 atom stereocenters. The Morgan fingerprint density at radius 1 is 1.23 bits per heavy atom. The smallest absolute Gasteiger partial charge is 0.226 e. The van der Waals surface area contributed by atoms with Gasteiger partial charge in [0.15, 0.2) is 0 Å². The number of nitrogens with one attached hydrogen (secondary N) is 1. The Balaban J connectivity index is 0.00000144. The average Bonchev–Trinajstić information content (AvgIpc) is 3.24. The van der Waals surface area contributed by atoms with E-state index in [9.17, 15) is 0 Å². The van der Waals surface area contributed by atoms with Gasteiger partial charge in [0.25, 0.3) is 0 Å². The van der Waals surface area contributed by atoms with Crippen LogP contribution in [0.3, 0.4) is 0 Å². The molecule has 2 aromatic rings. The molecule has 1 spiro atoms. The van der Waals surface area contributed by atoms with Gasteiger partial charge in [0, 0.05) is 25.2 Å². The maximum absolute atomic E-state index is 5.63. The molecular formula is C17H22ClN3O. The van der Waals surface area contributed by atoms with Crippen LogP contribution in [0, 0.1) is 5.41 Å². The van der Waals surface area contributed by atoms with E-state index in [2.05, 4.69) is 15.2 Å². The van der Waals surface area contributed by atoms with Crippen molar-refractivity contribution in [1.29, 1.82) is 0 Å². The molecule has 3 heterocycles. The normalized spacial score (nSPS) is 24.7. The molecule has 0 saturated carbocycles. The van der Waals surface area contributed by atoms with Crippen LogP contribution in [0.4, 0.5) is 0 Å². The van der Waals surface area contributed by atoms with Crippen molar-refractivity contribution in [3.05, 3.63) is 42.3 Å². The first-order chi connectivity index (χ1) is 10.3. The molecule has 2 fully saturated rings. The highest BCUT2D eigenvalue weighted by Crippen LogP contribution is 2.36. The zero-order chi connectivity index (χ0) is 14.1. The predicted molar refractivity (Wildman–Crippen MR) is 89.0 cm³/mol. The van der Waals surface area contributed by atoms with Crippen LogP contribution in [0.5, 0.6) is 0 Å². The molecule has 0 aliphatic carbocycles. The third kappa shape index (κ3) is 3.05. The summed E-state index contributed by atoms with van der Waals surface area (Å²) < 4.78 is 5.63. The number of oxazole rings is 1. The highest BCUT2D eigenvalue weighted by Gasteiger charge is 2.40. The van der Waals surface area contributed by atoms with Crippen molar-refractivity contribution in [2.75, 3.05) is 26.2 Å². The molecule has 2 aliphatic heterocycles. The van der Waals surface area contributed by atoms with Crippen LogP contribution in [-0.4, -0.2) is 36.1 Å². The molecule has 1 aromatic carbocycles. The number of aromatic nitrogens is 1. The first-order valence-electron chi connectivity index (χ1n) is 7.76. The van der Waals surface area contributed by atoms with Gasteiger partial charge in [0.05, 0.1) is 5.69 Å². The zero-order valence-electron chi connectivity index (χ0n) is 12.6. The second-order valence-electron chi connectivity index (χ2n) is 6.40. The highest BCUT2D eigenvalue weighted by atomic mass is 35.5. The molecule has 22 heavy (non-hydrogen) atoms. The first kappa shape index (κ1) is 15.5. The molecule has 1 unspecified atom stereocenters. The van der Waals surface area contributed by atoms with Crippen LogP contribution in [0.15, 0.2) is 41.0 Å². The summed E-state index contributed by atoms with van der Waals surface area (Å²) >= 11 is 0. The third-order valence-electron chi connectivity index (χ3n) is 4.81. The van der Waals surface area contributed by atoms with Gasteiger partial charge in [-0.05, 0) is 43.5 Å². The minimum Gasteiger partial charge on any atom is -0.444 e. The van der Waals surface area contributed by atoms with Crippen molar-refractivity contribution >= 4 is 12.4 Å². The van der Waals surface area contributed by atoms with Gasteiger partial charge in [-0.1, -0.05) is 18.2 Å². The molecule has 1 aromatic heterocycles. The van der Waals surface area contributed by atoms with Crippen molar-refractivity contribution < 1.29 is 4.42 Å². The van der Waals surface area contributed by atoms with Gasteiger partial charge in [-0.2, -0.15) is 0 Å². The maximum Gasteiger partial charge on any atom is 0.226 e. The minimum atomic E-state index is 0. The van der Waals surface area contributed by atoms with Gasteiger partial charge < -0.3 is 9.73 Å². The van der Waals surface area contributed by atoms with Crippen molar-refractivity contribution in [3.8, 4) is 11.5 Å². The van der Waals surface area contributed by atoms with Gasteiger partial charge in [-0.3, -0.25) is 4.90 Å². The van der Waals surface area contributed by atoms with Crippen LogP contribution in [0.25, 0.3) is 11.5 Å². The summed E-state index contributed by atoms with van der Waals surface area (Å²) in [6.07, 6.45) is 4.43. The fourth-order valence-electron chi connectivity index (χ4n) is 3.63. The number of likely N-dealkylation sites (tertiary alicyclic amines) is 1. The molecule has 5 heteroatoms. The Bertz CT molecular complexity index is 607. The second-order valence-corrected chi connectivity index (χ2v) is 6.40. The lowest BCUT2D eigenvalue weighted by molar-refractivity contribution is 0.266. The summed E-state index contributed by atoms with van der Waals surface area (Å²) in [5.41, 5.74) is 2.60. The fraction of sp³-hybridized carbons (Fsp3) is 0.471. The van der Waals surface area contributed by atoms with E-state index in [0.29, 0.717) is 5.41 Å². The van der Waals surface area contributed by atoms with E-state index in [0.717, 1.165) is 23.7 Å². The van der Waals surface area contributed by atoms with Crippen molar-refractivity contribution in [2.45, 2.75) is 19.4 Å². The van der Waals surface area contributed by atoms with Crippen molar-refractivity contribution in [2.24, 2.45) is 5.41 Å². The predicted octanol–water partition coefficient (Wildman–Crippen LogP) is 2.95.